The van der Waals surface area contributed by atoms with Crippen LogP contribution in [0.3, 0.4) is 0 Å². The van der Waals surface area contributed by atoms with Gasteiger partial charge in [-0.15, -0.1) is 0 Å². The minimum atomic E-state index is -0.496. The number of fused-ring (bicyclic) bond motifs is 1. The molecule has 0 bridgehead atoms. The highest BCUT2D eigenvalue weighted by atomic mass is 16.6. The van der Waals surface area contributed by atoms with Crippen molar-refractivity contribution in [2.75, 3.05) is 13.7 Å². The normalized spacial score (nSPS) is 11.2. The minimum Gasteiger partial charge on any atom is -0.495 e. The van der Waals surface area contributed by atoms with Gasteiger partial charge in [-0.25, -0.2) is 5.43 Å². The molecule has 10 heteroatoms. The maximum absolute atomic E-state index is 12.5. The summed E-state index contributed by atoms with van der Waals surface area (Å²) in [5.74, 6) is 0.815. The van der Waals surface area contributed by atoms with Crippen LogP contribution in [-0.4, -0.2) is 35.3 Å². The molecule has 2 aromatic carbocycles. The van der Waals surface area contributed by atoms with Crippen molar-refractivity contribution < 1.29 is 23.6 Å². The molecule has 0 aliphatic rings. The second-order valence-electron chi connectivity index (χ2n) is 7.72. The van der Waals surface area contributed by atoms with Gasteiger partial charge in [-0.2, -0.15) is 5.10 Å². The van der Waals surface area contributed by atoms with Crippen LogP contribution in [0.1, 0.15) is 34.4 Å². The summed E-state index contributed by atoms with van der Waals surface area (Å²) in [6, 6.07) is 13.2. The number of aromatic nitrogens is 1. The summed E-state index contributed by atoms with van der Waals surface area (Å²) in [5, 5.41) is 16.1. The van der Waals surface area contributed by atoms with Crippen molar-refractivity contribution >= 4 is 28.8 Å². The Labute approximate surface area is 200 Å². The van der Waals surface area contributed by atoms with Crippen LogP contribution in [0.25, 0.3) is 16.7 Å². The molecule has 0 unspecified atom stereocenters. The van der Waals surface area contributed by atoms with E-state index < -0.39 is 10.8 Å². The summed E-state index contributed by atoms with van der Waals surface area (Å²) in [6.45, 7) is 6.16. The molecule has 0 fully saturated rings. The lowest BCUT2D eigenvalue weighted by molar-refractivity contribution is -0.384. The minimum absolute atomic E-state index is 0.0463. The van der Waals surface area contributed by atoms with Crippen molar-refractivity contribution in [3.8, 4) is 17.2 Å². The van der Waals surface area contributed by atoms with E-state index in [9.17, 15) is 14.9 Å². The molecule has 0 atom stereocenters. The Hall–Kier alpha value is -4.60. The molecule has 0 saturated carbocycles. The van der Waals surface area contributed by atoms with E-state index in [1.54, 1.807) is 30.3 Å². The van der Waals surface area contributed by atoms with Crippen LogP contribution in [0, 0.1) is 24.0 Å². The predicted octanol–water partition coefficient (Wildman–Crippen LogP) is 4.92. The zero-order valence-corrected chi connectivity index (χ0v) is 19.7. The van der Waals surface area contributed by atoms with Crippen LogP contribution in [0.15, 0.2) is 58.0 Å². The standard InChI is InChI=1S/C25H24N4O6/c1-5-34-20-7-9-22-17(11-20)12-24(35-22)25(30)27-26-14-18-10-15(2)28(16(18)3)21-13-19(29(31)32)6-8-23(21)33-4/h6-14H,5H2,1-4H3,(H,27,30)/b26-14+. The van der Waals surface area contributed by atoms with E-state index in [-0.39, 0.29) is 11.4 Å². The van der Waals surface area contributed by atoms with Gasteiger partial charge in [0.05, 0.1) is 30.5 Å². The van der Waals surface area contributed by atoms with E-state index in [4.69, 9.17) is 13.9 Å². The van der Waals surface area contributed by atoms with Crippen LogP contribution < -0.4 is 14.9 Å². The highest BCUT2D eigenvalue weighted by molar-refractivity contribution is 5.97. The molecular formula is C25H24N4O6. The van der Waals surface area contributed by atoms with Gasteiger partial charge < -0.3 is 18.5 Å². The van der Waals surface area contributed by atoms with Gasteiger partial charge in [0.2, 0.25) is 0 Å². The summed E-state index contributed by atoms with van der Waals surface area (Å²) in [4.78, 5) is 23.4. The quantitative estimate of drug-likeness (QED) is 0.219. The number of furan rings is 1. The Balaban J connectivity index is 1.56. The number of carbonyl (C=O) groups excluding carboxylic acids is 1. The largest absolute Gasteiger partial charge is 0.495 e. The average molecular weight is 476 g/mol. The molecule has 35 heavy (non-hydrogen) atoms. The summed E-state index contributed by atoms with van der Waals surface area (Å²) in [7, 11) is 1.51. The second-order valence-corrected chi connectivity index (χ2v) is 7.72. The zero-order valence-electron chi connectivity index (χ0n) is 19.7. The van der Waals surface area contributed by atoms with Gasteiger partial charge in [0.15, 0.2) is 5.76 Å². The number of hydrogen-bond acceptors (Lipinski definition) is 7. The van der Waals surface area contributed by atoms with Crippen LogP contribution in [0.2, 0.25) is 0 Å². The van der Waals surface area contributed by atoms with Crippen molar-refractivity contribution in [1.29, 1.82) is 0 Å². The third kappa shape index (κ3) is 4.72. The topological polar surface area (TPSA) is 121 Å². The number of hydrazone groups is 1. The van der Waals surface area contributed by atoms with Crippen LogP contribution in [0.4, 0.5) is 5.69 Å². The molecule has 2 aromatic heterocycles. The van der Waals surface area contributed by atoms with Gasteiger partial charge >= 0.3 is 5.91 Å². The molecule has 0 saturated heterocycles. The van der Waals surface area contributed by atoms with Crippen molar-refractivity contribution in [3.05, 3.63) is 81.4 Å². The van der Waals surface area contributed by atoms with E-state index in [1.807, 2.05) is 31.4 Å². The van der Waals surface area contributed by atoms with Gasteiger partial charge in [-0.05, 0) is 57.2 Å². The number of non-ortho nitro benzene ring substituents is 1. The number of benzene rings is 2. The smallest absolute Gasteiger partial charge is 0.307 e. The lowest BCUT2D eigenvalue weighted by Gasteiger charge is -2.13. The van der Waals surface area contributed by atoms with Crippen molar-refractivity contribution in [1.82, 2.24) is 9.99 Å². The number of rotatable bonds is 8. The first-order valence-electron chi connectivity index (χ1n) is 10.8. The molecule has 4 aromatic rings. The van der Waals surface area contributed by atoms with Crippen LogP contribution >= 0.6 is 0 Å². The molecule has 0 aliphatic heterocycles. The number of nitro groups is 1. The number of nitro benzene ring substituents is 1. The lowest BCUT2D eigenvalue weighted by Crippen LogP contribution is -2.16. The average Bonchev–Trinajstić information content (AvgIpc) is 3.38. The molecule has 1 amide bonds. The Bertz CT molecular complexity index is 1450. The Morgan fingerprint density at radius 1 is 1.20 bits per heavy atom. The molecule has 1 N–H and O–H groups in total. The van der Waals surface area contributed by atoms with Gasteiger partial charge in [0.25, 0.3) is 5.69 Å². The maximum atomic E-state index is 12.5. The number of methoxy groups -OCH3 is 1. The highest BCUT2D eigenvalue weighted by Gasteiger charge is 2.18. The monoisotopic (exact) mass is 476 g/mol. The first kappa shape index (κ1) is 23.6. The van der Waals surface area contributed by atoms with Crippen LogP contribution in [-0.2, 0) is 0 Å². The van der Waals surface area contributed by atoms with Gasteiger partial charge in [-0.1, -0.05) is 0 Å². The van der Waals surface area contributed by atoms with Gasteiger partial charge in [-0.3, -0.25) is 14.9 Å². The SMILES string of the molecule is CCOc1ccc2oc(C(=O)N/N=C/c3cc(C)n(-c4cc([N+](=O)[O-])ccc4OC)c3C)cc2c1. The fourth-order valence-electron chi connectivity index (χ4n) is 3.86. The van der Waals surface area contributed by atoms with Crippen molar-refractivity contribution in [2.24, 2.45) is 5.10 Å². The summed E-state index contributed by atoms with van der Waals surface area (Å²) in [5.41, 5.74) is 5.84. The summed E-state index contributed by atoms with van der Waals surface area (Å²) < 4.78 is 18.3. The van der Waals surface area contributed by atoms with Gasteiger partial charge in [0, 0.05) is 34.5 Å². The van der Waals surface area contributed by atoms with E-state index in [2.05, 4.69) is 10.5 Å². The predicted molar refractivity (Wildman–Crippen MR) is 131 cm³/mol. The molecule has 10 nitrogen and oxygen atoms in total. The molecule has 4 rings (SSSR count). The van der Waals surface area contributed by atoms with E-state index >= 15 is 0 Å². The molecule has 0 radical (unpaired) electrons. The Morgan fingerprint density at radius 3 is 2.71 bits per heavy atom. The first-order valence-corrected chi connectivity index (χ1v) is 10.8. The number of ether oxygens (including phenoxy) is 2. The fourth-order valence-corrected chi connectivity index (χ4v) is 3.86. The van der Waals surface area contributed by atoms with Crippen LogP contribution in [0.5, 0.6) is 11.5 Å². The van der Waals surface area contributed by atoms with E-state index in [0.29, 0.717) is 29.4 Å². The van der Waals surface area contributed by atoms with E-state index in [1.165, 1.54) is 25.5 Å². The Kier molecular flexibility index (Phi) is 6.54. The number of aryl methyl sites for hydroxylation is 1. The van der Waals surface area contributed by atoms with E-state index in [0.717, 1.165) is 22.3 Å². The number of nitrogens with one attached hydrogen (secondary N) is 1. The third-order valence-electron chi connectivity index (χ3n) is 5.48. The summed E-state index contributed by atoms with van der Waals surface area (Å²) >= 11 is 0. The number of hydrogen-bond donors (Lipinski definition) is 1. The first-order chi connectivity index (χ1) is 16.8. The van der Waals surface area contributed by atoms with Gasteiger partial charge in [0.1, 0.15) is 17.1 Å². The maximum Gasteiger partial charge on any atom is 0.307 e. The molecule has 0 spiro atoms. The molecule has 0 aliphatic carbocycles. The molecular weight excluding hydrogens is 452 g/mol. The molecule has 180 valence electrons. The van der Waals surface area contributed by atoms with Crippen molar-refractivity contribution in [2.45, 2.75) is 20.8 Å². The number of amides is 1. The van der Waals surface area contributed by atoms with Crippen molar-refractivity contribution in [3.63, 3.8) is 0 Å². The molecule has 2 heterocycles. The number of carbonyl (C=O) groups is 1. The zero-order chi connectivity index (χ0) is 25.1. The number of nitrogens with zero attached hydrogens (tertiary/aromatic N) is 3. The highest BCUT2D eigenvalue weighted by Crippen LogP contribution is 2.31. The summed E-state index contributed by atoms with van der Waals surface area (Å²) in [6.07, 6.45) is 1.51. The fraction of sp³-hybridized carbons (Fsp3) is 0.200. The third-order valence-corrected chi connectivity index (χ3v) is 5.48. The Morgan fingerprint density at radius 2 is 2.00 bits per heavy atom. The lowest BCUT2D eigenvalue weighted by atomic mass is 10.2. The second kappa shape index (κ2) is 9.72.